The Bertz CT molecular complexity index is 1010. The highest BCUT2D eigenvalue weighted by Crippen LogP contribution is 2.20. The predicted molar refractivity (Wildman–Crippen MR) is 94.4 cm³/mol. The lowest BCUT2D eigenvalue weighted by Gasteiger charge is -2.20. The van der Waals surface area contributed by atoms with Gasteiger partial charge in [0.15, 0.2) is 26.4 Å². The van der Waals surface area contributed by atoms with Gasteiger partial charge in [-0.1, -0.05) is 18.2 Å². The lowest BCUT2D eigenvalue weighted by Crippen LogP contribution is -2.34. The summed E-state index contributed by atoms with van der Waals surface area (Å²) in [6.07, 6.45) is 3.98. The van der Waals surface area contributed by atoms with Crippen LogP contribution < -0.4 is 9.90 Å². The van der Waals surface area contributed by atoms with Crippen molar-refractivity contribution in [3.05, 3.63) is 66.5 Å². The Kier molecular flexibility index (Phi) is 4.72. The van der Waals surface area contributed by atoms with Gasteiger partial charge in [0, 0.05) is 31.1 Å². The van der Waals surface area contributed by atoms with Crippen molar-refractivity contribution in [1.82, 2.24) is 14.8 Å². The van der Waals surface area contributed by atoms with Crippen LogP contribution in [0.3, 0.4) is 0 Å². The molecule has 0 unspecified atom stereocenters. The fourth-order valence-electron chi connectivity index (χ4n) is 2.15. The highest BCUT2D eigenvalue weighted by Gasteiger charge is 2.22. The number of amides is 1. The molecule has 1 aromatic carbocycles. The van der Waals surface area contributed by atoms with E-state index in [2.05, 4.69) is 10.1 Å². The Morgan fingerprint density at radius 3 is 2.38 bits per heavy atom. The lowest BCUT2D eigenvalue weighted by atomic mass is 10.2. The van der Waals surface area contributed by atoms with Gasteiger partial charge in [0.25, 0.3) is 5.91 Å². The maximum absolute atomic E-state index is 12.8. The zero-order valence-electron chi connectivity index (χ0n) is 14.1. The van der Waals surface area contributed by atoms with Crippen LogP contribution >= 0.6 is 0 Å². The summed E-state index contributed by atoms with van der Waals surface area (Å²) in [5, 5.41) is 5.15. The first kappa shape index (κ1) is 17.6. The second-order valence-electron chi connectivity index (χ2n) is 5.51. The Labute approximate surface area is 150 Å². The Morgan fingerprint density at radius 1 is 1.12 bits per heavy atom. The zero-order valence-corrected chi connectivity index (χ0v) is 14.9. The molecule has 3 rings (SSSR count). The van der Waals surface area contributed by atoms with Gasteiger partial charge in [-0.25, -0.2) is 13.4 Å². The van der Waals surface area contributed by atoms with Crippen molar-refractivity contribution in [1.29, 1.82) is 0 Å². The smallest absolute Gasteiger partial charge is 0.292 e. The molecule has 3 aromatic rings. The normalized spacial score (nSPS) is 11.2. The number of hydrogen-bond donors (Lipinski definition) is 0. The van der Waals surface area contributed by atoms with Gasteiger partial charge in [-0.3, -0.25) is 9.48 Å². The van der Waals surface area contributed by atoms with Crippen molar-refractivity contribution >= 4 is 21.6 Å². The standard InChI is InChI=1S/C17H16N4O4S/c1-20-11-10-15(19-20)21(17(22)13-6-4-3-5-7-13)25-14-8-9-16(18-12-14)26(2,23)24/h3-12H,1-2H3. The summed E-state index contributed by atoms with van der Waals surface area (Å²) >= 11 is 0. The van der Waals surface area contributed by atoms with E-state index in [1.54, 1.807) is 49.6 Å². The van der Waals surface area contributed by atoms with E-state index in [0.717, 1.165) is 11.3 Å². The van der Waals surface area contributed by atoms with Gasteiger partial charge in [-0.15, -0.1) is 5.06 Å². The van der Waals surface area contributed by atoms with Gasteiger partial charge in [0.2, 0.25) is 0 Å². The largest absolute Gasteiger partial charge is 0.368 e. The highest BCUT2D eigenvalue weighted by molar-refractivity contribution is 7.90. The number of anilines is 1. The van der Waals surface area contributed by atoms with Crippen LogP contribution in [0.25, 0.3) is 0 Å². The molecular weight excluding hydrogens is 356 g/mol. The number of nitrogens with zero attached hydrogens (tertiary/aromatic N) is 4. The second kappa shape index (κ2) is 6.96. The molecule has 0 aliphatic heterocycles. The average molecular weight is 372 g/mol. The Hall–Kier alpha value is -3.20. The van der Waals surface area contributed by atoms with Crippen LogP contribution in [-0.4, -0.2) is 35.3 Å². The Balaban J connectivity index is 1.93. The summed E-state index contributed by atoms with van der Waals surface area (Å²) in [7, 11) is -1.70. The molecule has 0 aliphatic carbocycles. The number of sulfone groups is 1. The van der Waals surface area contributed by atoms with Crippen molar-refractivity contribution in [3.63, 3.8) is 0 Å². The van der Waals surface area contributed by atoms with Crippen LogP contribution in [0.5, 0.6) is 5.75 Å². The van der Waals surface area contributed by atoms with Crippen LogP contribution in [0, 0.1) is 0 Å². The van der Waals surface area contributed by atoms with Crippen molar-refractivity contribution < 1.29 is 18.0 Å². The van der Waals surface area contributed by atoms with Gasteiger partial charge in [-0.2, -0.15) is 5.10 Å². The molecule has 0 aliphatic rings. The van der Waals surface area contributed by atoms with Crippen molar-refractivity contribution in [2.75, 3.05) is 11.3 Å². The molecule has 0 N–H and O–H groups in total. The van der Waals surface area contributed by atoms with E-state index in [9.17, 15) is 13.2 Å². The van der Waals surface area contributed by atoms with E-state index >= 15 is 0 Å². The van der Waals surface area contributed by atoms with Crippen LogP contribution in [-0.2, 0) is 16.9 Å². The fraction of sp³-hybridized carbons (Fsp3) is 0.118. The topological polar surface area (TPSA) is 94.4 Å². The van der Waals surface area contributed by atoms with E-state index < -0.39 is 15.7 Å². The molecule has 0 atom stereocenters. The van der Waals surface area contributed by atoms with E-state index in [1.165, 1.54) is 23.0 Å². The molecule has 8 nitrogen and oxygen atoms in total. The summed E-state index contributed by atoms with van der Waals surface area (Å²) in [4.78, 5) is 22.3. The fourth-order valence-corrected chi connectivity index (χ4v) is 2.71. The summed E-state index contributed by atoms with van der Waals surface area (Å²) in [5.41, 5.74) is 0.416. The van der Waals surface area contributed by atoms with Crippen LogP contribution in [0.15, 0.2) is 66.0 Å². The monoisotopic (exact) mass is 372 g/mol. The van der Waals surface area contributed by atoms with E-state index in [-0.39, 0.29) is 16.6 Å². The van der Waals surface area contributed by atoms with E-state index in [1.807, 2.05) is 0 Å². The summed E-state index contributed by atoms with van der Waals surface area (Å²) in [6, 6.07) is 13.0. The molecule has 2 aromatic heterocycles. The maximum Gasteiger partial charge on any atom is 0.292 e. The molecular formula is C17H16N4O4S. The predicted octanol–water partition coefficient (Wildman–Crippen LogP) is 1.86. The second-order valence-corrected chi connectivity index (χ2v) is 7.47. The number of pyridine rings is 1. The number of carbonyl (C=O) groups excluding carboxylic acids is 1. The lowest BCUT2D eigenvalue weighted by molar-refractivity contribution is 0.0877. The van der Waals surface area contributed by atoms with Gasteiger partial charge in [0.05, 0.1) is 6.20 Å². The van der Waals surface area contributed by atoms with Gasteiger partial charge in [-0.05, 0) is 24.3 Å². The third-order valence-electron chi connectivity index (χ3n) is 3.40. The molecule has 1 amide bonds. The number of hydrogen-bond acceptors (Lipinski definition) is 6. The number of hydroxylamine groups is 1. The number of aromatic nitrogens is 3. The maximum atomic E-state index is 12.8. The van der Waals surface area contributed by atoms with Gasteiger partial charge in [0.1, 0.15) is 0 Å². The number of aryl methyl sites for hydroxylation is 1. The molecule has 0 fully saturated rings. The number of rotatable bonds is 5. The van der Waals surface area contributed by atoms with Crippen LogP contribution in [0.2, 0.25) is 0 Å². The molecule has 0 saturated heterocycles. The van der Waals surface area contributed by atoms with Crippen LogP contribution in [0.1, 0.15) is 10.4 Å². The van der Waals surface area contributed by atoms with Crippen molar-refractivity contribution in [3.8, 4) is 5.75 Å². The summed E-state index contributed by atoms with van der Waals surface area (Å²) in [5.74, 6) is 0.0670. The Morgan fingerprint density at radius 2 is 1.85 bits per heavy atom. The van der Waals surface area contributed by atoms with Crippen molar-refractivity contribution in [2.24, 2.45) is 7.05 Å². The first-order valence-corrected chi connectivity index (χ1v) is 9.47. The first-order chi connectivity index (χ1) is 12.3. The molecule has 9 heteroatoms. The molecule has 2 heterocycles. The highest BCUT2D eigenvalue weighted by atomic mass is 32.2. The molecule has 0 radical (unpaired) electrons. The molecule has 0 spiro atoms. The number of carbonyl (C=O) groups is 1. The van der Waals surface area contributed by atoms with E-state index in [4.69, 9.17) is 4.84 Å². The summed E-state index contributed by atoms with van der Waals surface area (Å²) < 4.78 is 24.5. The minimum absolute atomic E-state index is 0.0800. The molecule has 134 valence electrons. The summed E-state index contributed by atoms with van der Waals surface area (Å²) in [6.45, 7) is 0. The minimum atomic E-state index is -3.42. The number of benzene rings is 1. The first-order valence-electron chi connectivity index (χ1n) is 7.58. The average Bonchev–Trinajstić information content (AvgIpc) is 3.05. The van der Waals surface area contributed by atoms with E-state index in [0.29, 0.717) is 5.56 Å². The molecule has 0 bridgehead atoms. The van der Waals surface area contributed by atoms with Crippen LogP contribution in [0.4, 0.5) is 5.82 Å². The van der Waals surface area contributed by atoms with Gasteiger partial charge >= 0.3 is 0 Å². The third kappa shape index (κ3) is 3.89. The zero-order chi connectivity index (χ0) is 18.7. The third-order valence-corrected chi connectivity index (χ3v) is 4.40. The quantitative estimate of drug-likeness (QED) is 0.635. The van der Waals surface area contributed by atoms with Gasteiger partial charge < -0.3 is 4.84 Å². The van der Waals surface area contributed by atoms with Crippen molar-refractivity contribution in [2.45, 2.75) is 5.03 Å². The minimum Gasteiger partial charge on any atom is -0.368 e. The SMILES string of the molecule is Cn1ccc(N(Oc2ccc(S(C)(=O)=O)nc2)C(=O)c2ccccc2)n1. The molecule has 26 heavy (non-hydrogen) atoms. The molecule has 0 saturated carbocycles.